The summed E-state index contributed by atoms with van der Waals surface area (Å²) in [6.45, 7) is 3.01. The summed E-state index contributed by atoms with van der Waals surface area (Å²) in [6, 6.07) is 11.2. The molecule has 0 saturated carbocycles. The highest BCUT2D eigenvalue weighted by molar-refractivity contribution is 7.89. The van der Waals surface area contributed by atoms with Crippen LogP contribution in [0.1, 0.15) is 22.8 Å². The van der Waals surface area contributed by atoms with Gasteiger partial charge in [0.25, 0.3) is 5.91 Å². The summed E-state index contributed by atoms with van der Waals surface area (Å²) in [5.41, 5.74) is 3.95. The van der Waals surface area contributed by atoms with Gasteiger partial charge in [0.2, 0.25) is 10.0 Å². The van der Waals surface area contributed by atoms with Crippen molar-refractivity contribution in [2.45, 2.75) is 11.8 Å². The molecule has 0 radical (unpaired) electrons. The summed E-state index contributed by atoms with van der Waals surface area (Å²) in [7, 11) is -0.612. The number of hydrazone groups is 1. The van der Waals surface area contributed by atoms with E-state index in [1.54, 1.807) is 32.2 Å². The minimum absolute atomic E-state index is 0.0580. The molecular weight excluding hydrogens is 422 g/mol. The molecule has 3 rings (SSSR count). The number of amides is 1. The van der Waals surface area contributed by atoms with E-state index in [1.165, 1.54) is 35.7 Å². The molecule has 0 aromatic heterocycles. The van der Waals surface area contributed by atoms with E-state index in [4.69, 9.17) is 14.2 Å². The van der Waals surface area contributed by atoms with Crippen molar-refractivity contribution in [2.24, 2.45) is 5.10 Å². The van der Waals surface area contributed by atoms with Crippen LogP contribution >= 0.6 is 0 Å². The largest absolute Gasteiger partial charge is 0.493 e. The second-order valence-electron chi connectivity index (χ2n) is 6.75. The lowest BCUT2D eigenvalue weighted by molar-refractivity contribution is 0.0730. The molecule has 0 unspecified atom stereocenters. The highest BCUT2D eigenvalue weighted by Gasteiger charge is 2.26. The molecule has 1 N–H and O–H groups in total. The number of hydrogen-bond acceptors (Lipinski definition) is 7. The fourth-order valence-electron chi connectivity index (χ4n) is 3.06. The average Bonchev–Trinajstić information content (AvgIpc) is 2.82. The number of hydrogen-bond donors (Lipinski definition) is 1. The molecule has 10 heteroatoms. The predicted octanol–water partition coefficient (Wildman–Crippen LogP) is 1.88. The van der Waals surface area contributed by atoms with Crippen LogP contribution < -0.4 is 14.9 Å². The van der Waals surface area contributed by atoms with E-state index in [1.807, 2.05) is 0 Å². The van der Waals surface area contributed by atoms with Gasteiger partial charge in [-0.15, -0.1) is 0 Å². The minimum Gasteiger partial charge on any atom is -0.493 e. The van der Waals surface area contributed by atoms with Gasteiger partial charge in [-0.05, 0) is 43.3 Å². The van der Waals surface area contributed by atoms with Gasteiger partial charge in [0.05, 0.1) is 38.0 Å². The number of carbonyl (C=O) groups is 1. The molecule has 1 aliphatic rings. The Kier molecular flexibility index (Phi) is 7.26. The zero-order valence-electron chi connectivity index (χ0n) is 17.6. The molecule has 0 atom stereocenters. The van der Waals surface area contributed by atoms with E-state index < -0.39 is 15.9 Å². The number of rotatable bonds is 7. The maximum absolute atomic E-state index is 12.8. The smallest absolute Gasteiger partial charge is 0.271 e. The average molecular weight is 448 g/mol. The van der Waals surface area contributed by atoms with Crippen LogP contribution in [-0.4, -0.2) is 64.9 Å². The van der Waals surface area contributed by atoms with Crippen molar-refractivity contribution in [3.8, 4) is 11.5 Å². The lowest BCUT2D eigenvalue weighted by Crippen LogP contribution is -2.40. The maximum Gasteiger partial charge on any atom is 0.271 e. The summed E-state index contributed by atoms with van der Waals surface area (Å²) >= 11 is 0. The van der Waals surface area contributed by atoms with Gasteiger partial charge >= 0.3 is 0 Å². The number of morpholine rings is 1. The summed E-state index contributed by atoms with van der Waals surface area (Å²) in [4.78, 5) is 12.6. The SMILES string of the molecule is COc1ccc(/C(C)=N/NC(=O)c2cccc(S(=O)(=O)N3CCOCC3)c2)cc1OC. The first kappa shape index (κ1) is 22.7. The second-order valence-corrected chi connectivity index (χ2v) is 8.69. The van der Waals surface area contributed by atoms with Crippen LogP contribution in [0.25, 0.3) is 0 Å². The summed E-state index contributed by atoms with van der Waals surface area (Å²) in [5.74, 6) is 0.613. The molecule has 0 spiro atoms. The Labute approximate surface area is 181 Å². The van der Waals surface area contributed by atoms with Crippen LogP contribution in [0.4, 0.5) is 0 Å². The third-order valence-electron chi connectivity index (χ3n) is 4.83. The Morgan fingerprint density at radius 1 is 1.03 bits per heavy atom. The van der Waals surface area contributed by atoms with E-state index in [9.17, 15) is 13.2 Å². The minimum atomic E-state index is -3.69. The number of benzene rings is 2. The van der Waals surface area contributed by atoms with Crippen molar-refractivity contribution < 1.29 is 27.4 Å². The van der Waals surface area contributed by atoms with E-state index in [-0.39, 0.29) is 23.5 Å². The number of nitrogens with zero attached hydrogens (tertiary/aromatic N) is 2. The fourth-order valence-corrected chi connectivity index (χ4v) is 4.51. The van der Waals surface area contributed by atoms with Gasteiger partial charge in [-0.25, -0.2) is 13.8 Å². The van der Waals surface area contributed by atoms with Crippen molar-refractivity contribution in [1.29, 1.82) is 0 Å². The van der Waals surface area contributed by atoms with Crippen LogP contribution in [0.5, 0.6) is 11.5 Å². The first-order valence-corrected chi connectivity index (χ1v) is 11.1. The van der Waals surface area contributed by atoms with Crippen LogP contribution in [0, 0.1) is 0 Å². The van der Waals surface area contributed by atoms with E-state index in [0.29, 0.717) is 30.4 Å². The molecule has 9 nitrogen and oxygen atoms in total. The molecule has 1 aliphatic heterocycles. The molecule has 31 heavy (non-hydrogen) atoms. The van der Waals surface area contributed by atoms with Gasteiger partial charge in [0.1, 0.15) is 0 Å². The molecular formula is C21H25N3O6S. The molecule has 1 heterocycles. The van der Waals surface area contributed by atoms with Gasteiger partial charge in [0, 0.05) is 24.2 Å². The second kappa shape index (κ2) is 9.90. The van der Waals surface area contributed by atoms with Crippen LogP contribution in [-0.2, 0) is 14.8 Å². The van der Waals surface area contributed by atoms with E-state index in [0.717, 1.165) is 5.56 Å². The lowest BCUT2D eigenvalue weighted by atomic mass is 10.1. The monoisotopic (exact) mass is 447 g/mol. The molecule has 166 valence electrons. The van der Waals surface area contributed by atoms with Gasteiger partial charge in [-0.3, -0.25) is 4.79 Å². The molecule has 2 aromatic rings. The molecule has 0 aliphatic carbocycles. The Bertz CT molecular complexity index is 1080. The summed E-state index contributed by atoms with van der Waals surface area (Å²) < 4.78 is 42.7. The van der Waals surface area contributed by atoms with Crippen molar-refractivity contribution in [2.75, 3.05) is 40.5 Å². The first-order valence-electron chi connectivity index (χ1n) is 9.62. The fraction of sp³-hybridized carbons (Fsp3) is 0.333. The Hall–Kier alpha value is -2.95. The third kappa shape index (κ3) is 5.22. The van der Waals surface area contributed by atoms with E-state index in [2.05, 4.69) is 10.5 Å². The Balaban J connectivity index is 1.76. The number of sulfonamides is 1. The van der Waals surface area contributed by atoms with Crippen molar-refractivity contribution >= 4 is 21.6 Å². The van der Waals surface area contributed by atoms with Gasteiger partial charge in [0.15, 0.2) is 11.5 Å². The lowest BCUT2D eigenvalue weighted by Gasteiger charge is -2.26. The molecule has 1 fully saturated rings. The van der Waals surface area contributed by atoms with Crippen LogP contribution in [0.2, 0.25) is 0 Å². The zero-order chi connectivity index (χ0) is 22.4. The number of methoxy groups -OCH3 is 2. The van der Waals surface area contributed by atoms with Gasteiger partial charge in [-0.2, -0.15) is 9.41 Å². The number of carbonyl (C=O) groups excluding carboxylic acids is 1. The normalized spacial score (nSPS) is 15.4. The molecule has 2 aromatic carbocycles. The highest BCUT2D eigenvalue weighted by atomic mass is 32.2. The highest BCUT2D eigenvalue weighted by Crippen LogP contribution is 2.27. The van der Waals surface area contributed by atoms with Crippen molar-refractivity contribution in [3.63, 3.8) is 0 Å². The topological polar surface area (TPSA) is 107 Å². The third-order valence-corrected chi connectivity index (χ3v) is 6.73. The molecule has 1 amide bonds. The van der Waals surface area contributed by atoms with E-state index >= 15 is 0 Å². The standard InChI is InChI=1S/C21H25N3O6S/c1-15(16-7-8-19(28-2)20(14-16)29-3)22-23-21(25)17-5-4-6-18(13-17)31(26,27)24-9-11-30-12-10-24/h4-8,13-14H,9-12H2,1-3H3,(H,23,25)/b22-15+. The van der Waals surface area contributed by atoms with Crippen LogP contribution in [0.15, 0.2) is 52.5 Å². The van der Waals surface area contributed by atoms with Crippen LogP contribution in [0.3, 0.4) is 0 Å². The molecule has 0 bridgehead atoms. The first-order chi connectivity index (χ1) is 14.9. The summed E-state index contributed by atoms with van der Waals surface area (Å²) in [5, 5.41) is 4.13. The number of nitrogens with one attached hydrogen (secondary N) is 1. The quantitative estimate of drug-likeness (QED) is 0.513. The maximum atomic E-state index is 12.8. The Morgan fingerprint density at radius 2 is 1.74 bits per heavy atom. The van der Waals surface area contributed by atoms with Gasteiger partial charge < -0.3 is 14.2 Å². The van der Waals surface area contributed by atoms with Crippen molar-refractivity contribution in [3.05, 3.63) is 53.6 Å². The molecule has 1 saturated heterocycles. The predicted molar refractivity (Wildman–Crippen MR) is 115 cm³/mol. The van der Waals surface area contributed by atoms with Crippen molar-refractivity contribution in [1.82, 2.24) is 9.73 Å². The Morgan fingerprint density at radius 3 is 2.42 bits per heavy atom. The number of ether oxygens (including phenoxy) is 3. The summed E-state index contributed by atoms with van der Waals surface area (Å²) in [6.07, 6.45) is 0. The zero-order valence-corrected chi connectivity index (χ0v) is 18.4. The van der Waals surface area contributed by atoms with Gasteiger partial charge in [-0.1, -0.05) is 6.07 Å².